The molecule has 1 aliphatic carbocycles. The number of nitrogens with zero attached hydrogens (tertiary/aromatic N) is 1. The number of halogens is 1. The maximum atomic E-state index is 12.6. The third-order valence-electron chi connectivity index (χ3n) is 4.72. The Morgan fingerprint density at radius 2 is 2.19 bits per heavy atom. The van der Waals surface area contributed by atoms with Gasteiger partial charge in [0.05, 0.1) is 12.1 Å². The number of hydrogen-bond acceptors (Lipinski definition) is 2. The Morgan fingerprint density at radius 1 is 1.38 bits per heavy atom. The minimum atomic E-state index is -0.662. The number of fused-ring (bicyclic) bond motifs is 1. The zero-order valence-electron chi connectivity index (χ0n) is 11.6. The van der Waals surface area contributed by atoms with Crippen LogP contribution in [0.15, 0.2) is 24.3 Å². The van der Waals surface area contributed by atoms with Gasteiger partial charge in [0.25, 0.3) is 5.91 Å². The summed E-state index contributed by atoms with van der Waals surface area (Å²) in [6.07, 6.45) is 2.86. The lowest BCUT2D eigenvalue weighted by Crippen LogP contribution is -2.37. The number of aliphatic hydroxyl groups is 1. The fourth-order valence-electron chi connectivity index (χ4n) is 3.33. The highest BCUT2D eigenvalue weighted by Gasteiger charge is 2.49. The molecule has 2 N–H and O–H groups in total. The van der Waals surface area contributed by atoms with Gasteiger partial charge in [-0.05, 0) is 43.4 Å². The first-order valence-electron chi connectivity index (χ1n) is 7.35. The van der Waals surface area contributed by atoms with Crippen LogP contribution in [0.25, 0.3) is 10.9 Å². The fraction of sp³-hybridized carbons (Fsp3) is 0.438. The number of rotatable bonds is 2. The van der Waals surface area contributed by atoms with Gasteiger partial charge < -0.3 is 15.0 Å². The molecule has 4 nitrogen and oxygen atoms in total. The minimum absolute atomic E-state index is 0.0427. The second kappa shape index (κ2) is 4.49. The van der Waals surface area contributed by atoms with E-state index in [1.54, 1.807) is 4.90 Å². The molecule has 4 rings (SSSR count). The molecule has 0 bridgehead atoms. The van der Waals surface area contributed by atoms with Crippen LogP contribution in [0.2, 0.25) is 5.02 Å². The molecule has 1 unspecified atom stereocenters. The summed E-state index contributed by atoms with van der Waals surface area (Å²) in [5.74, 6) is 0.343. The fourth-order valence-corrected chi connectivity index (χ4v) is 3.50. The topological polar surface area (TPSA) is 56.3 Å². The number of β-amino-alcohol motifs (C(OH)–C–C–N with tert-alkyl or cyclic N) is 1. The van der Waals surface area contributed by atoms with Crippen molar-refractivity contribution >= 4 is 28.4 Å². The molecular weight excluding hydrogens is 288 g/mol. The summed E-state index contributed by atoms with van der Waals surface area (Å²) in [6, 6.07) is 7.38. The number of hydrogen-bond donors (Lipinski definition) is 2. The predicted molar refractivity (Wildman–Crippen MR) is 81.5 cm³/mol. The van der Waals surface area contributed by atoms with Crippen LogP contribution in [0.5, 0.6) is 0 Å². The second-order valence-electron chi connectivity index (χ2n) is 6.27. The SMILES string of the molecule is O=C(c1cc2ccc(Cl)cc2[nH]1)N1CCC(O)(C2CC2)C1. The summed E-state index contributed by atoms with van der Waals surface area (Å²) >= 11 is 5.97. The molecule has 1 aromatic heterocycles. The van der Waals surface area contributed by atoms with E-state index < -0.39 is 5.60 Å². The van der Waals surface area contributed by atoms with E-state index in [1.165, 1.54) is 0 Å². The molecule has 2 aliphatic rings. The van der Waals surface area contributed by atoms with Crippen molar-refractivity contribution in [3.63, 3.8) is 0 Å². The van der Waals surface area contributed by atoms with Crippen molar-refractivity contribution < 1.29 is 9.90 Å². The van der Waals surface area contributed by atoms with Crippen LogP contribution < -0.4 is 0 Å². The zero-order chi connectivity index (χ0) is 14.6. The van der Waals surface area contributed by atoms with Crippen molar-refractivity contribution in [1.82, 2.24) is 9.88 Å². The lowest BCUT2D eigenvalue weighted by atomic mass is 9.97. The lowest BCUT2D eigenvalue weighted by molar-refractivity contribution is 0.0256. The summed E-state index contributed by atoms with van der Waals surface area (Å²) in [5.41, 5.74) is 0.764. The number of nitrogens with one attached hydrogen (secondary N) is 1. The first-order valence-corrected chi connectivity index (χ1v) is 7.73. The molecule has 1 saturated carbocycles. The number of carbonyl (C=O) groups excluding carboxylic acids is 1. The summed E-state index contributed by atoms with van der Waals surface area (Å²) in [4.78, 5) is 17.5. The maximum Gasteiger partial charge on any atom is 0.270 e. The van der Waals surface area contributed by atoms with Gasteiger partial charge in [0, 0.05) is 22.5 Å². The number of likely N-dealkylation sites (tertiary alicyclic amines) is 1. The van der Waals surface area contributed by atoms with Gasteiger partial charge in [0.2, 0.25) is 0 Å². The molecule has 21 heavy (non-hydrogen) atoms. The zero-order valence-corrected chi connectivity index (χ0v) is 12.4. The Hall–Kier alpha value is -1.52. The van der Waals surface area contributed by atoms with Crippen LogP contribution in [-0.2, 0) is 0 Å². The molecule has 1 saturated heterocycles. The normalized spacial score (nSPS) is 25.7. The van der Waals surface area contributed by atoms with E-state index in [1.807, 2.05) is 24.3 Å². The molecule has 0 radical (unpaired) electrons. The van der Waals surface area contributed by atoms with Crippen LogP contribution in [0.1, 0.15) is 29.8 Å². The van der Waals surface area contributed by atoms with E-state index in [4.69, 9.17) is 11.6 Å². The summed E-state index contributed by atoms with van der Waals surface area (Å²) in [5, 5.41) is 12.2. The Balaban J connectivity index is 1.58. The molecule has 2 heterocycles. The van der Waals surface area contributed by atoms with Crippen molar-refractivity contribution in [2.24, 2.45) is 5.92 Å². The average Bonchev–Trinajstić information content (AvgIpc) is 3.13. The van der Waals surface area contributed by atoms with Crippen LogP contribution in [-0.4, -0.2) is 39.6 Å². The molecule has 1 aliphatic heterocycles. The van der Waals surface area contributed by atoms with Gasteiger partial charge in [-0.2, -0.15) is 0 Å². The van der Waals surface area contributed by atoms with Crippen molar-refractivity contribution in [2.45, 2.75) is 24.9 Å². The Labute approximate surface area is 127 Å². The van der Waals surface area contributed by atoms with Crippen molar-refractivity contribution in [2.75, 3.05) is 13.1 Å². The smallest absolute Gasteiger partial charge is 0.270 e. The van der Waals surface area contributed by atoms with E-state index in [9.17, 15) is 9.90 Å². The summed E-state index contributed by atoms with van der Waals surface area (Å²) in [6.45, 7) is 1.08. The minimum Gasteiger partial charge on any atom is -0.388 e. The predicted octanol–water partition coefficient (Wildman–Crippen LogP) is 2.81. The maximum absolute atomic E-state index is 12.6. The first-order chi connectivity index (χ1) is 10.0. The number of benzene rings is 1. The molecule has 1 aromatic carbocycles. The third kappa shape index (κ3) is 2.23. The highest BCUT2D eigenvalue weighted by Crippen LogP contribution is 2.44. The van der Waals surface area contributed by atoms with Gasteiger partial charge in [-0.3, -0.25) is 4.79 Å². The number of aromatic nitrogens is 1. The number of aromatic amines is 1. The molecular formula is C16H17ClN2O2. The van der Waals surface area contributed by atoms with Crippen molar-refractivity contribution in [3.05, 3.63) is 35.0 Å². The summed E-state index contributed by atoms with van der Waals surface area (Å²) in [7, 11) is 0. The molecule has 1 amide bonds. The van der Waals surface area contributed by atoms with Gasteiger partial charge in [-0.1, -0.05) is 17.7 Å². The van der Waals surface area contributed by atoms with E-state index in [0.717, 1.165) is 23.7 Å². The number of amides is 1. The van der Waals surface area contributed by atoms with Crippen LogP contribution in [0.3, 0.4) is 0 Å². The molecule has 1 atom stereocenters. The largest absolute Gasteiger partial charge is 0.388 e. The van der Waals surface area contributed by atoms with Crippen molar-refractivity contribution in [3.8, 4) is 0 Å². The lowest BCUT2D eigenvalue weighted by Gasteiger charge is -2.22. The van der Waals surface area contributed by atoms with Crippen LogP contribution in [0, 0.1) is 5.92 Å². The molecule has 0 spiro atoms. The third-order valence-corrected chi connectivity index (χ3v) is 4.95. The number of H-pyrrole nitrogens is 1. The first kappa shape index (κ1) is 13.2. The van der Waals surface area contributed by atoms with Crippen LogP contribution in [0.4, 0.5) is 0 Å². The van der Waals surface area contributed by atoms with Gasteiger partial charge in [-0.25, -0.2) is 0 Å². The molecule has 110 valence electrons. The van der Waals surface area contributed by atoms with Gasteiger partial charge in [-0.15, -0.1) is 0 Å². The van der Waals surface area contributed by atoms with Gasteiger partial charge in [0.1, 0.15) is 5.69 Å². The summed E-state index contributed by atoms with van der Waals surface area (Å²) < 4.78 is 0. The molecule has 2 fully saturated rings. The highest BCUT2D eigenvalue weighted by atomic mass is 35.5. The Morgan fingerprint density at radius 3 is 2.95 bits per heavy atom. The Bertz CT molecular complexity index is 722. The quantitative estimate of drug-likeness (QED) is 0.896. The van der Waals surface area contributed by atoms with E-state index in [-0.39, 0.29) is 5.91 Å². The van der Waals surface area contributed by atoms with E-state index >= 15 is 0 Å². The monoisotopic (exact) mass is 304 g/mol. The number of carbonyl (C=O) groups is 1. The average molecular weight is 305 g/mol. The second-order valence-corrected chi connectivity index (χ2v) is 6.71. The van der Waals surface area contributed by atoms with E-state index in [2.05, 4.69) is 4.98 Å². The van der Waals surface area contributed by atoms with Gasteiger partial charge in [0.15, 0.2) is 0 Å². The van der Waals surface area contributed by atoms with Gasteiger partial charge >= 0.3 is 0 Å². The van der Waals surface area contributed by atoms with E-state index in [0.29, 0.717) is 36.1 Å². The standard InChI is InChI=1S/C16H17ClN2O2/c17-12-4-1-10-7-14(18-13(10)8-12)15(20)19-6-5-16(21,9-19)11-2-3-11/h1,4,7-8,11,18,21H,2-3,5-6,9H2. The van der Waals surface area contributed by atoms with Crippen LogP contribution >= 0.6 is 11.6 Å². The highest BCUT2D eigenvalue weighted by molar-refractivity contribution is 6.31. The van der Waals surface area contributed by atoms with Crippen molar-refractivity contribution in [1.29, 1.82) is 0 Å². The molecule has 5 heteroatoms. The molecule has 2 aromatic rings. The Kier molecular flexibility index (Phi) is 2.81.